The molecule has 0 aliphatic carbocycles. The molecule has 0 bridgehead atoms. The first-order valence-corrected chi connectivity index (χ1v) is 7.69. The van der Waals surface area contributed by atoms with Crippen LogP contribution in [0.5, 0.6) is 0 Å². The largest absolute Gasteiger partial charge is 0.481 e. The second-order valence-electron chi connectivity index (χ2n) is 4.75. The number of carbonyl (C=O) groups excluding carboxylic acids is 1. The Bertz CT molecular complexity index is 267. The van der Waals surface area contributed by atoms with E-state index in [1.54, 1.807) is 0 Å². The van der Waals surface area contributed by atoms with Crippen LogP contribution in [0, 0.1) is 0 Å². The van der Waals surface area contributed by atoms with Crippen molar-refractivity contribution in [3.63, 3.8) is 0 Å². The molecule has 0 aliphatic heterocycles. The summed E-state index contributed by atoms with van der Waals surface area (Å²) in [5.41, 5.74) is 0. The zero-order chi connectivity index (χ0) is 15.8. The van der Waals surface area contributed by atoms with E-state index in [1.165, 1.54) is 19.3 Å². The average molecular weight is 304 g/mol. The molecule has 0 amide bonds. The number of ether oxygens (including phenoxy) is 3. The van der Waals surface area contributed by atoms with Gasteiger partial charge in [-0.15, -0.1) is 0 Å². The molecule has 0 unspecified atom stereocenters. The minimum Gasteiger partial charge on any atom is -0.481 e. The molecule has 6 nitrogen and oxygen atoms in total. The van der Waals surface area contributed by atoms with Gasteiger partial charge in [-0.1, -0.05) is 32.6 Å². The highest BCUT2D eigenvalue weighted by atomic mass is 16.6. The van der Waals surface area contributed by atoms with E-state index in [9.17, 15) is 9.59 Å². The SMILES string of the molecule is CCCCCCCC(=O)OCCOCCOCCC(=O)O. The van der Waals surface area contributed by atoms with Crippen molar-refractivity contribution in [2.75, 3.05) is 33.0 Å². The predicted octanol–water partition coefficient (Wildman–Crippen LogP) is 2.40. The summed E-state index contributed by atoms with van der Waals surface area (Å²) in [6.45, 7) is 3.65. The van der Waals surface area contributed by atoms with Gasteiger partial charge >= 0.3 is 11.9 Å². The maximum Gasteiger partial charge on any atom is 0.305 e. The molecule has 6 heteroatoms. The first-order chi connectivity index (χ1) is 10.2. The van der Waals surface area contributed by atoms with E-state index in [2.05, 4.69) is 6.92 Å². The lowest BCUT2D eigenvalue weighted by atomic mass is 10.1. The van der Waals surface area contributed by atoms with Gasteiger partial charge in [-0.05, 0) is 6.42 Å². The van der Waals surface area contributed by atoms with E-state index in [4.69, 9.17) is 19.3 Å². The number of carboxylic acids is 1. The number of carboxylic acid groups (broad SMARTS) is 1. The van der Waals surface area contributed by atoms with Crippen LogP contribution in [0.15, 0.2) is 0 Å². The summed E-state index contributed by atoms with van der Waals surface area (Å²) in [6.07, 6.45) is 6.02. The smallest absolute Gasteiger partial charge is 0.305 e. The fraction of sp³-hybridized carbons (Fsp3) is 0.867. The molecule has 124 valence electrons. The molecule has 0 fully saturated rings. The zero-order valence-electron chi connectivity index (χ0n) is 13.0. The van der Waals surface area contributed by atoms with Gasteiger partial charge in [0.25, 0.3) is 0 Å². The Kier molecular flexibility index (Phi) is 14.4. The third-order valence-electron chi connectivity index (χ3n) is 2.81. The Labute approximate surface area is 126 Å². The monoisotopic (exact) mass is 304 g/mol. The fourth-order valence-corrected chi connectivity index (χ4v) is 1.64. The molecular formula is C15H28O6. The van der Waals surface area contributed by atoms with Crippen molar-refractivity contribution in [1.29, 1.82) is 0 Å². The van der Waals surface area contributed by atoms with E-state index in [1.807, 2.05) is 0 Å². The first kappa shape index (κ1) is 19.9. The summed E-state index contributed by atoms with van der Waals surface area (Å²) in [7, 11) is 0. The van der Waals surface area contributed by atoms with Crippen LogP contribution in [0.4, 0.5) is 0 Å². The number of hydrogen-bond acceptors (Lipinski definition) is 5. The van der Waals surface area contributed by atoms with Crippen LogP contribution in [0.1, 0.15) is 51.9 Å². The van der Waals surface area contributed by atoms with Gasteiger partial charge in [-0.2, -0.15) is 0 Å². The number of hydrogen-bond donors (Lipinski definition) is 1. The molecule has 0 saturated carbocycles. The molecule has 0 aromatic carbocycles. The topological polar surface area (TPSA) is 82.1 Å². The number of aliphatic carboxylic acids is 1. The van der Waals surface area contributed by atoms with E-state index in [0.717, 1.165) is 12.8 Å². The van der Waals surface area contributed by atoms with Gasteiger partial charge in [0, 0.05) is 6.42 Å². The number of carbonyl (C=O) groups is 2. The molecule has 1 N–H and O–H groups in total. The Balaban J connectivity index is 3.16. The van der Waals surface area contributed by atoms with Crippen LogP contribution < -0.4 is 0 Å². The maximum atomic E-state index is 11.4. The molecular weight excluding hydrogens is 276 g/mol. The zero-order valence-corrected chi connectivity index (χ0v) is 13.0. The van der Waals surface area contributed by atoms with Crippen molar-refractivity contribution < 1.29 is 28.9 Å². The van der Waals surface area contributed by atoms with Crippen LogP contribution in [0.3, 0.4) is 0 Å². The van der Waals surface area contributed by atoms with Gasteiger partial charge in [-0.25, -0.2) is 0 Å². The van der Waals surface area contributed by atoms with E-state index < -0.39 is 5.97 Å². The Morgan fingerprint density at radius 3 is 2.10 bits per heavy atom. The van der Waals surface area contributed by atoms with Crippen molar-refractivity contribution in [3.05, 3.63) is 0 Å². The van der Waals surface area contributed by atoms with Crippen molar-refractivity contribution in [3.8, 4) is 0 Å². The van der Waals surface area contributed by atoms with Gasteiger partial charge in [0.15, 0.2) is 0 Å². The van der Waals surface area contributed by atoms with Crippen LogP contribution in [0.25, 0.3) is 0 Å². The Hall–Kier alpha value is -1.14. The quantitative estimate of drug-likeness (QED) is 0.369. The molecule has 0 aromatic heterocycles. The number of rotatable bonds is 15. The first-order valence-electron chi connectivity index (χ1n) is 7.69. The third kappa shape index (κ3) is 16.8. The van der Waals surface area contributed by atoms with Gasteiger partial charge in [-0.3, -0.25) is 9.59 Å². The van der Waals surface area contributed by atoms with Crippen molar-refractivity contribution >= 4 is 11.9 Å². The minimum atomic E-state index is -0.877. The third-order valence-corrected chi connectivity index (χ3v) is 2.81. The van der Waals surface area contributed by atoms with Crippen LogP contribution in [0.2, 0.25) is 0 Å². The summed E-state index contributed by atoms with van der Waals surface area (Å²) < 4.78 is 15.3. The van der Waals surface area contributed by atoms with Crippen LogP contribution in [-0.2, 0) is 23.8 Å². The summed E-state index contributed by atoms with van der Waals surface area (Å²) in [5, 5.41) is 8.38. The maximum absolute atomic E-state index is 11.4. The highest BCUT2D eigenvalue weighted by Gasteiger charge is 2.02. The molecule has 0 spiro atoms. The number of unbranched alkanes of at least 4 members (excludes halogenated alkanes) is 4. The highest BCUT2D eigenvalue weighted by Crippen LogP contribution is 2.05. The van der Waals surface area contributed by atoms with Crippen LogP contribution in [-0.4, -0.2) is 50.1 Å². The minimum absolute atomic E-state index is 0.00410. The van der Waals surface area contributed by atoms with Gasteiger partial charge in [0.05, 0.1) is 32.8 Å². The summed E-state index contributed by atoms with van der Waals surface area (Å²) in [5.74, 6) is -1.05. The van der Waals surface area contributed by atoms with Gasteiger partial charge < -0.3 is 19.3 Å². The summed E-state index contributed by atoms with van der Waals surface area (Å²) in [6, 6.07) is 0. The molecule has 0 aromatic rings. The summed E-state index contributed by atoms with van der Waals surface area (Å²) in [4.78, 5) is 21.6. The lowest BCUT2D eigenvalue weighted by Gasteiger charge is -2.06. The Morgan fingerprint density at radius 1 is 0.810 bits per heavy atom. The lowest BCUT2D eigenvalue weighted by Crippen LogP contribution is -2.13. The normalized spacial score (nSPS) is 10.5. The second kappa shape index (κ2) is 15.3. The molecule has 0 rings (SSSR count). The van der Waals surface area contributed by atoms with Gasteiger partial charge in [0.1, 0.15) is 6.61 Å². The molecule has 0 atom stereocenters. The van der Waals surface area contributed by atoms with Gasteiger partial charge in [0.2, 0.25) is 0 Å². The van der Waals surface area contributed by atoms with Crippen molar-refractivity contribution in [2.24, 2.45) is 0 Å². The predicted molar refractivity (Wildman–Crippen MR) is 78.2 cm³/mol. The van der Waals surface area contributed by atoms with Crippen molar-refractivity contribution in [1.82, 2.24) is 0 Å². The number of esters is 1. The van der Waals surface area contributed by atoms with E-state index in [0.29, 0.717) is 26.2 Å². The standard InChI is InChI=1S/C15H28O6/c1-2-3-4-5-6-7-15(18)21-13-12-20-11-10-19-9-8-14(16)17/h2-13H2,1H3,(H,16,17). The molecule has 0 heterocycles. The average Bonchev–Trinajstić information content (AvgIpc) is 2.45. The fourth-order valence-electron chi connectivity index (χ4n) is 1.64. The Morgan fingerprint density at radius 2 is 1.43 bits per heavy atom. The van der Waals surface area contributed by atoms with Crippen molar-refractivity contribution in [2.45, 2.75) is 51.9 Å². The second-order valence-corrected chi connectivity index (χ2v) is 4.75. The lowest BCUT2D eigenvalue weighted by molar-refractivity contribution is -0.145. The summed E-state index contributed by atoms with van der Waals surface area (Å²) >= 11 is 0. The highest BCUT2D eigenvalue weighted by molar-refractivity contribution is 5.69. The molecule has 0 aliphatic rings. The van der Waals surface area contributed by atoms with E-state index >= 15 is 0 Å². The van der Waals surface area contributed by atoms with Crippen LogP contribution >= 0.6 is 0 Å². The van der Waals surface area contributed by atoms with E-state index in [-0.39, 0.29) is 25.6 Å². The molecule has 21 heavy (non-hydrogen) atoms. The molecule has 0 radical (unpaired) electrons. The molecule has 0 saturated heterocycles.